The van der Waals surface area contributed by atoms with E-state index in [0.717, 1.165) is 23.7 Å². The summed E-state index contributed by atoms with van der Waals surface area (Å²) in [5.41, 5.74) is 2.78. The highest BCUT2D eigenvalue weighted by Crippen LogP contribution is 2.40. The van der Waals surface area contributed by atoms with Gasteiger partial charge in [0.25, 0.3) is 0 Å². The largest absolute Gasteiger partial charge is 0.395 e. The van der Waals surface area contributed by atoms with E-state index in [9.17, 15) is 9.50 Å². The molecule has 1 N–H and O–H groups in total. The summed E-state index contributed by atoms with van der Waals surface area (Å²) >= 11 is 3.29. The maximum atomic E-state index is 14.2. The van der Waals surface area contributed by atoms with Crippen molar-refractivity contribution in [1.82, 2.24) is 0 Å². The molecule has 2 aromatic carbocycles. The van der Waals surface area contributed by atoms with Gasteiger partial charge in [0.2, 0.25) is 0 Å². The molecule has 0 bridgehead atoms. The fraction of sp³-hybridized carbons (Fsp3) is 0.333. The van der Waals surface area contributed by atoms with Crippen molar-refractivity contribution in [3.8, 4) is 0 Å². The number of aryl methyl sites for hydroxylation is 1. The lowest BCUT2D eigenvalue weighted by atomic mass is 9.67. The molecular weight excluding hydrogens is 331 g/mol. The predicted molar refractivity (Wildman–Crippen MR) is 85.9 cm³/mol. The second-order valence-corrected chi connectivity index (χ2v) is 6.78. The van der Waals surface area contributed by atoms with E-state index in [1.165, 1.54) is 17.2 Å². The number of fused-ring (bicyclic) bond motifs is 1. The van der Waals surface area contributed by atoms with Crippen LogP contribution in [0.15, 0.2) is 46.9 Å². The predicted octanol–water partition coefficient (Wildman–Crippen LogP) is 4.40. The van der Waals surface area contributed by atoms with Crippen molar-refractivity contribution in [3.63, 3.8) is 0 Å². The van der Waals surface area contributed by atoms with E-state index in [-0.39, 0.29) is 17.8 Å². The van der Waals surface area contributed by atoms with Crippen LogP contribution in [0.2, 0.25) is 0 Å². The number of hydrogen-bond donors (Lipinski definition) is 1. The van der Waals surface area contributed by atoms with E-state index in [2.05, 4.69) is 28.1 Å². The zero-order valence-electron chi connectivity index (χ0n) is 11.8. The third-order valence-electron chi connectivity index (χ3n) is 4.54. The molecule has 0 fully saturated rings. The SMILES string of the molecule is OCC1(Cc2ccc(Br)cc2F)CCCc2ccccc21. The number of aliphatic hydroxyl groups is 1. The Labute approximate surface area is 132 Å². The van der Waals surface area contributed by atoms with Gasteiger partial charge in [-0.25, -0.2) is 4.39 Å². The number of halogens is 2. The smallest absolute Gasteiger partial charge is 0.127 e. The van der Waals surface area contributed by atoms with Crippen LogP contribution in [-0.2, 0) is 18.3 Å². The van der Waals surface area contributed by atoms with Crippen LogP contribution in [0.25, 0.3) is 0 Å². The van der Waals surface area contributed by atoms with E-state index in [4.69, 9.17) is 0 Å². The van der Waals surface area contributed by atoms with Crippen LogP contribution < -0.4 is 0 Å². The van der Waals surface area contributed by atoms with Crippen molar-refractivity contribution < 1.29 is 9.50 Å². The summed E-state index contributed by atoms with van der Waals surface area (Å²) in [6, 6.07) is 13.4. The number of benzene rings is 2. The lowest BCUT2D eigenvalue weighted by Crippen LogP contribution is -2.37. The molecule has 0 heterocycles. The van der Waals surface area contributed by atoms with Gasteiger partial charge in [-0.2, -0.15) is 0 Å². The summed E-state index contributed by atoms with van der Waals surface area (Å²) < 4.78 is 14.9. The lowest BCUT2D eigenvalue weighted by molar-refractivity contribution is 0.172. The fourth-order valence-corrected chi connectivity index (χ4v) is 3.77. The average Bonchev–Trinajstić information content (AvgIpc) is 2.50. The van der Waals surface area contributed by atoms with Gasteiger partial charge in [0, 0.05) is 9.89 Å². The van der Waals surface area contributed by atoms with Gasteiger partial charge >= 0.3 is 0 Å². The minimum Gasteiger partial charge on any atom is -0.395 e. The molecule has 0 radical (unpaired) electrons. The summed E-state index contributed by atoms with van der Waals surface area (Å²) in [5.74, 6) is -0.208. The second kappa shape index (κ2) is 5.90. The van der Waals surface area contributed by atoms with Crippen molar-refractivity contribution in [2.24, 2.45) is 0 Å². The Bertz CT molecular complexity index is 655. The Balaban J connectivity index is 2.02. The summed E-state index contributed by atoms with van der Waals surface area (Å²) in [6.45, 7) is 0.0551. The molecule has 0 amide bonds. The van der Waals surface area contributed by atoms with Crippen molar-refractivity contribution in [1.29, 1.82) is 0 Å². The van der Waals surface area contributed by atoms with Gasteiger partial charge in [-0.15, -0.1) is 0 Å². The maximum Gasteiger partial charge on any atom is 0.127 e. The summed E-state index contributed by atoms with van der Waals surface area (Å²) in [4.78, 5) is 0. The van der Waals surface area contributed by atoms with Crippen LogP contribution >= 0.6 is 15.9 Å². The Hall–Kier alpha value is -1.19. The highest BCUT2D eigenvalue weighted by Gasteiger charge is 2.36. The molecule has 1 unspecified atom stereocenters. The Kier molecular flexibility index (Phi) is 4.14. The number of aliphatic hydroxyl groups excluding tert-OH is 1. The van der Waals surface area contributed by atoms with E-state index in [0.29, 0.717) is 12.0 Å². The maximum absolute atomic E-state index is 14.2. The van der Waals surface area contributed by atoms with Crippen molar-refractivity contribution >= 4 is 15.9 Å². The van der Waals surface area contributed by atoms with Gasteiger partial charge in [0.1, 0.15) is 5.82 Å². The molecule has 0 aliphatic heterocycles. The zero-order valence-corrected chi connectivity index (χ0v) is 13.4. The fourth-order valence-electron chi connectivity index (χ4n) is 3.44. The number of hydrogen-bond acceptors (Lipinski definition) is 1. The highest BCUT2D eigenvalue weighted by molar-refractivity contribution is 9.10. The van der Waals surface area contributed by atoms with E-state index in [1.54, 1.807) is 0 Å². The summed E-state index contributed by atoms with van der Waals surface area (Å²) in [6.07, 6.45) is 3.52. The standard InChI is InChI=1S/C18H18BrFO/c19-15-8-7-14(17(20)10-15)11-18(12-21)9-3-5-13-4-1-2-6-16(13)18/h1-2,4,6-8,10,21H,3,5,9,11-12H2. The molecule has 0 saturated carbocycles. The Morgan fingerprint density at radius 1 is 1.19 bits per heavy atom. The Morgan fingerprint density at radius 3 is 2.76 bits per heavy atom. The van der Waals surface area contributed by atoms with Gasteiger partial charge in [-0.05, 0) is 54.5 Å². The second-order valence-electron chi connectivity index (χ2n) is 5.86. The third kappa shape index (κ3) is 2.77. The monoisotopic (exact) mass is 348 g/mol. The normalized spacial score (nSPS) is 21.1. The quantitative estimate of drug-likeness (QED) is 0.871. The first-order valence-electron chi connectivity index (χ1n) is 7.28. The molecule has 2 aromatic rings. The van der Waals surface area contributed by atoms with Crippen molar-refractivity contribution in [2.75, 3.05) is 6.61 Å². The van der Waals surface area contributed by atoms with Gasteiger partial charge in [-0.1, -0.05) is 46.3 Å². The molecule has 21 heavy (non-hydrogen) atoms. The summed E-state index contributed by atoms with van der Waals surface area (Å²) in [7, 11) is 0. The molecule has 0 spiro atoms. The van der Waals surface area contributed by atoms with E-state index >= 15 is 0 Å². The van der Waals surface area contributed by atoms with E-state index < -0.39 is 0 Å². The minimum absolute atomic E-state index is 0.0551. The molecule has 1 aliphatic rings. The lowest BCUT2D eigenvalue weighted by Gasteiger charge is -2.38. The molecule has 1 nitrogen and oxygen atoms in total. The van der Waals surface area contributed by atoms with Gasteiger partial charge < -0.3 is 5.11 Å². The topological polar surface area (TPSA) is 20.2 Å². The van der Waals surface area contributed by atoms with Gasteiger partial charge in [0.05, 0.1) is 6.61 Å². The van der Waals surface area contributed by atoms with Crippen LogP contribution in [0.5, 0.6) is 0 Å². The van der Waals surface area contributed by atoms with Crippen LogP contribution in [0.1, 0.15) is 29.5 Å². The molecule has 0 saturated heterocycles. The van der Waals surface area contributed by atoms with E-state index in [1.807, 2.05) is 24.3 Å². The molecule has 3 rings (SSSR count). The molecular formula is C18H18BrFO. The van der Waals surface area contributed by atoms with Crippen LogP contribution in [0, 0.1) is 5.82 Å². The highest BCUT2D eigenvalue weighted by atomic mass is 79.9. The van der Waals surface area contributed by atoms with Crippen molar-refractivity contribution in [2.45, 2.75) is 31.1 Å². The first kappa shape index (κ1) is 14.7. The van der Waals surface area contributed by atoms with Crippen LogP contribution in [0.3, 0.4) is 0 Å². The molecule has 1 atom stereocenters. The van der Waals surface area contributed by atoms with Gasteiger partial charge in [-0.3, -0.25) is 0 Å². The van der Waals surface area contributed by atoms with Gasteiger partial charge in [0.15, 0.2) is 0 Å². The molecule has 1 aliphatic carbocycles. The van der Waals surface area contributed by atoms with Crippen LogP contribution in [0.4, 0.5) is 4.39 Å². The molecule has 110 valence electrons. The van der Waals surface area contributed by atoms with Crippen molar-refractivity contribution in [3.05, 3.63) is 69.4 Å². The van der Waals surface area contributed by atoms with Crippen LogP contribution in [-0.4, -0.2) is 11.7 Å². The first-order valence-corrected chi connectivity index (χ1v) is 8.07. The first-order chi connectivity index (χ1) is 10.1. The Morgan fingerprint density at radius 2 is 2.00 bits per heavy atom. The number of rotatable bonds is 3. The average molecular weight is 349 g/mol. The third-order valence-corrected chi connectivity index (χ3v) is 5.03. The molecule has 0 aromatic heterocycles. The molecule has 3 heteroatoms. The minimum atomic E-state index is -0.358. The summed E-state index contributed by atoms with van der Waals surface area (Å²) in [5, 5.41) is 10.1. The zero-order chi connectivity index (χ0) is 14.9.